The topological polar surface area (TPSA) is 123 Å². The maximum absolute atomic E-state index is 11.5. The number of thioether (sulfide) groups is 1. The van der Waals surface area contributed by atoms with Crippen molar-refractivity contribution in [2.45, 2.75) is 56.1 Å². The summed E-state index contributed by atoms with van der Waals surface area (Å²) < 4.78 is 11.2. The molecule has 1 aliphatic carbocycles. The van der Waals surface area contributed by atoms with E-state index in [1.807, 2.05) is 48.2 Å². The third-order valence-corrected chi connectivity index (χ3v) is 10.5. The highest BCUT2D eigenvalue weighted by Gasteiger charge is 2.28. The van der Waals surface area contributed by atoms with Crippen molar-refractivity contribution in [3.8, 4) is 45.4 Å². The van der Waals surface area contributed by atoms with Crippen LogP contribution in [-0.2, 0) is 17.9 Å². The Morgan fingerprint density at radius 1 is 0.872 bits per heavy atom. The molecule has 1 saturated heterocycles. The van der Waals surface area contributed by atoms with E-state index in [1.165, 1.54) is 0 Å². The van der Waals surface area contributed by atoms with Gasteiger partial charge in [-0.25, -0.2) is 9.97 Å². The van der Waals surface area contributed by atoms with Gasteiger partial charge in [-0.15, -0.1) is 0 Å². The largest absolute Gasteiger partial charge is 0.480 e. The van der Waals surface area contributed by atoms with Crippen molar-refractivity contribution >= 4 is 40.9 Å². The number of benzene rings is 2. The molecule has 246 valence electrons. The average molecular weight is 695 g/mol. The Bertz CT molecular complexity index is 1760. The van der Waals surface area contributed by atoms with Gasteiger partial charge in [-0.1, -0.05) is 59.6 Å². The summed E-state index contributed by atoms with van der Waals surface area (Å²) in [5.41, 5.74) is 5.49. The molecule has 2 aromatic heterocycles. The monoisotopic (exact) mass is 693 g/mol. The molecular weight excluding hydrogens is 657 g/mol. The molecule has 1 amide bonds. The summed E-state index contributed by atoms with van der Waals surface area (Å²) in [6.45, 7) is 1.68. The zero-order chi connectivity index (χ0) is 32.9. The lowest BCUT2D eigenvalue weighted by Gasteiger charge is -2.34. The van der Waals surface area contributed by atoms with E-state index in [-0.39, 0.29) is 11.9 Å². The van der Waals surface area contributed by atoms with Gasteiger partial charge in [0, 0.05) is 65.6 Å². The molecule has 1 saturated carbocycles. The number of halogens is 2. The lowest BCUT2D eigenvalue weighted by molar-refractivity contribution is -0.119. The SMILES string of the molecule is COc1nc(-c2cccc(-c3cccc(-c4cnc(CNC5CC(SC)C5)c(OC)n4)c3Cl)c2Cl)cnc1CNC[C@@H]1CCC(=O)N1. The van der Waals surface area contributed by atoms with E-state index < -0.39 is 0 Å². The van der Waals surface area contributed by atoms with Crippen molar-refractivity contribution in [1.82, 2.24) is 35.9 Å². The zero-order valence-corrected chi connectivity index (χ0v) is 28.8. The molecule has 13 heteroatoms. The fourth-order valence-electron chi connectivity index (χ4n) is 5.86. The van der Waals surface area contributed by atoms with Gasteiger partial charge in [0.1, 0.15) is 11.4 Å². The van der Waals surface area contributed by atoms with Crippen LogP contribution < -0.4 is 25.4 Å². The molecule has 4 aromatic rings. The quantitative estimate of drug-likeness (QED) is 0.155. The number of carbonyl (C=O) groups excluding carboxylic acids is 1. The van der Waals surface area contributed by atoms with E-state index in [2.05, 4.69) is 32.2 Å². The fourth-order valence-corrected chi connectivity index (χ4v) is 7.36. The first-order valence-electron chi connectivity index (χ1n) is 15.5. The van der Waals surface area contributed by atoms with Crippen LogP contribution in [0.2, 0.25) is 10.0 Å². The van der Waals surface area contributed by atoms with Crippen LogP contribution in [0.25, 0.3) is 33.6 Å². The van der Waals surface area contributed by atoms with Crippen LogP contribution in [0.3, 0.4) is 0 Å². The molecule has 2 aromatic carbocycles. The number of hydrogen-bond acceptors (Lipinski definition) is 10. The van der Waals surface area contributed by atoms with Crippen molar-refractivity contribution in [1.29, 1.82) is 0 Å². The molecule has 2 fully saturated rings. The van der Waals surface area contributed by atoms with E-state index in [0.29, 0.717) is 82.1 Å². The average Bonchev–Trinajstić information content (AvgIpc) is 3.49. The molecule has 47 heavy (non-hydrogen) atoms. The van der Waals surface area contributed by atoms with Gasteiger partial charge < -0.3 is 25.4 Å². The van der Waals surface area contributed by atoms with Gasteiger partial charge in [-0.3, -0.25) is 14.8 Å². The second kappa shape index (κ2) is 15.2. The third kappa shape index (κ3) is 7.49. The Morgan fingerprint density at radius 3 is 1.94 bits per heavy atom. The Labute approximate surface area is 288 Å². The first-order valence-corrected chi connectivity index (χ1v) is 17.6. The number of nitrogens with one attached hydrogen (secondary N) is 3. The summed E-state index contributed by atoms with van der Waals surface area (Å²) in [5, 5.41) is 11.6. The van der Waals surface area contributed by atoms with Crippen LogP contribution in [0.5, 0.6) is 11.8 Å². The van der Waals surface area contributed by atoms with E-state index >= 15 is 0 Å². The minimum atomic E-state index is 0.0881. The second-order valence-electron chi connectivity index (χ2n) is 11.6. The van der Waals surface area contributed by atoms with Crippen LogP contribution in [0.15, 0.2) is 48.8 Å². The molecule has 0 spiro atoms. The highest BCUT2D eigenvalue weighted by atomic mass is 35.5. The van der Waals surface area contributed by atoms with Crippen LogP contribution in [0.4, 0.5) is 0 Å². The van der Waals surface area contributed by atoms with E-state index in [1.54, 1.807) is 26.6 Å². The number of nitrogens with zero attached hydrogens (tertiary/aromatic N) is 4. The minimum Gasteiger partial charge on any atom is -0.480 e. The predicted molar refractivity (Wildman–Crippen MR) is 187 cm³/mol. The maximum atomic E-state index is 11.5. The Kier molecular flexibility index (Phi) is 10.8. The van der Waals surface area contributed by atoms with Crippen molar-refractivity contribution in [2.24, 2.45) is 0 Å². The molecular formula is C34H37Cl2N7O3S. The predicted octanol–water partition coefficient (Wildman–Crippen LogP) is 5.94. The lowest BCUT2D eigenvalue weighted by atomic mass is 9.92. The van der Waals surface area contributed by atoms with Crippen molar-refractivity contribution in [3.63, 3.8) is 0 Å². The number of rotatable bonds is 13. The molecule has 0 bridgehead atoms. The maximum Gasteiger partial charge on any atom is 0.237 e. The van der Waals surface area contributed by atoms with Gasteiger partial charge in [0.05, 0.1) is 48.0 Å². The number of aromatic nitrogens is 4. The van der Waals surface area contributed by atoms with Crippen LogP contribution in [0, 0.1) is 0 Å². The second-order valence-corrected chi connectivity index (χ2v) is 13.5. The summed E-state index contributed by atoms with van der Waals surface area (Å²) in [4.78, 5) is 30.3. The van der Waals surface area contributed by atoms with Gasteiger partial charge in [0.25, 0.3) is 0 Å². The van der Waals surface area contributed by atoms with Gasteiger partial charge in [0.2, 0.25) is 17.7 Å². The summed E-state index contributed by atoms with van der Waals surface area (Å²) in [5.74, 6) is 0.953. The molecule has 1 atom stereocenters. The Hall–Kier alpha value is -3.48. The van der Waals surface area contributed by atoms with Crippen molar-refractivity contribution in [3.05, 3.63) is 70.2 Å². The number of methoxy groups -OCH3 is 2. The highest BCUT2D eigenvalue weighted by molar-refractivity contribution is 7.99. The first-order chi connectivity index (χ1) is 22.9. The molecule has 10 nitrogen and oxygen atoms in total. The molecule has 3 heterocycles. The highest BCUT2D eigenvalue weighted by Crippen LogP contribution is 2.42. The normalized spacial score (nSPS) is 18.9. The van der Waals surface area contributed by atoms with E-state index in [0.717, 1.165) is 41.3 Å². The number of ether oxygens (including phenoxy) is 2. The van der Waals surface area contributed by atoms with E-state index in [9.17, 15) is 4.79 Å². The van der Waals surface area contributed by atoms with Gasteiger partial charge >= 0.3 is 0 Å². The Morgan fingerprint density at radius 2 is 1.43 bits per heavy atom. The summed E-state index contributed by atoms with van der Waals surface area (Å²) in [6.07, 6.45) is 9.28. The van der Waals surface area contributed by atoms with Crippen molar-refractivity contribution in [2.75, 3.05) is 27.0 Å². The third-order valence-electron chi connectivity index (χ3n) is 8.60. The number of carbonyl (C=O) groups is 1. The molecule has 0 unspecified atom stereocenters. The Balaban J connectivity index is 1.21. The summed E-state index contributed by atoms with van der Waals surface area (Å²) in [6, 6.07) is 12.1. The number of amides is 1. The molecule has 6 rings (SSSR count). The van der Waals surface area contributed by atoms with Gasteiger partial charge in [0.15, 0.2) is 0 Å². The van der Waals surface area contributed by atoms with E-state index in [4.69, 9.17) is 42.6 Å². The van der Waals surface area contributed by atoms with Gasteiger partial charge in [-0.2, -0.15) is 11.8 Å². The van der Waals surface area contributed by atoms with Crippen LogP contribution in [-0.4, -0.2) is 70.2 Å². The fraction of sp³-hybridized carbons (Fsp3) is 0.382. The minimum absolute atomic E-state index is 0.0881. The standard InChI is InChI=1S/C34H37Cl2N7O3S/c1-45-33-28(15-37-14-19-10-11-30(44)41-19)39-16-26(42-33)24-8-4-6-22(31(24)35)23-7-5-9-25(32(23)36)27-17-40-29(34(43-27)46-2)18-38-20-12-21(13-20)47-3/h4-9,16-17,19-21,37-38H,10-15,18H2,1-3H3,(H,41,44)/t19-,20?,21?/m0/s1. The summed E-state index contributed by atoms with van der Waals surface area (Å²) >= 11 is 16.0. The van der Waals surface area contributed by atoms with Crippen molar-refractivity contribution < 1.29 is 14.3 Å². The summed E-state index contributed by atoms with van der Waals surface area (Å²) in [7, 11) is 3.17. The van der Waals surface area contributed by atoms with Crippen LogP contribution in [0.1, 0.15) is 37.1 Å². The molecule has 0 radical (unpaired) electrons. The molecule has 1 aliphatic heterocycles. The number of hydrogen-bond donors (Lipinski definition) is 3. The lowest BCUT2D eigenvalue weighted by Crippen LogP contribution is -2.42. The first kappa shape index (κ1) is 33.4. The smallest absolute Gasteiger partial charge is 0.237 e. The zero-order valence-electron chi connectivity index (χ0n) is 26.5. The molecule has 3 N–H and O–H groups in total. The van der Waals surface area contributed by atoms with Crippen LogP contribution >= 0.6 is 35.0 Å². The van der Waals surface area contributed by atoms with Gasteiger partial charge in [-0.05, 0) is 25.5 Å². The molecule has 2 aliphatic rings.